The smallest absolute Gasteiger partial charge is 0.407 e. The number of alkyl carbamates (subject to hydrolysis) is 1. The molecule has 0 spiro atoms. The minimum absolute atomic E-state index is 0.0829. The number of carboxylic acids is 1. The first-order valence-electron chi connectivity index (χ1n) is 8.05. The fraction of sp³-hybridized carbons (Fsp3) is 0.556. The van der Waals surface area contributed by atoms with Gasteiger partial charge in [0, 0.05) is 0 Å². The largest absolute Gasteiger partial charge is 0.481 e. The average molecular weight is 319 g/mol. The summed E-state index contributed by atoms with van der Waals surface area (Å²) in [5.41, 5.74) is -0.141. The van der Waals surface area contributed by atoms with Gasteiger partial charge in [0.15, 0.2) is 0 Å². The Morgan fingerprint density at radius 2 is 1.83 bits per heavy atom. The zero-order chi connectivity index (χ0) is 16.9. The van der Waals surface area contributed by atoms with Crippen molar-refractivity contribution in [2.75, 3.05) is 0 Å². The number of carbonyl (C=O) groups excluding carboxylic acids is 1. The van der Waals surface area contributed by atoms with Crippen molar-refractivity contribution in [2.45, 2.75) is 58.1 Å². The normalized spacial score (nSPS) is 23.0. The second-order valence-corrected chi connectivity index (χ2v) is 6.93. The molecule has 1 atom stereocenters. The van der Waals surface area contributed by atoms with E-state index in [0.717, 1.165) is 24.8 Å². The lowest BCUT2D eigenvalue weighted by Crippen LogP contribution is -2.60. The Labute approximate surface area is 137 Å². The van der Waals surface area contributed by atoms with Crippen molar-refractivity contribution in [2.24, 2.45) is 5.41 Å². The van der Waals surface area contributed by atoms with Crippen LogP contribution in [0.5, 0.6) is 0 Å². The summed E-state index contributed by atoms with van der Waals surface area (Å²) in [6.45, 7) is 4.22. The van der Waals surface area contributed by atoms with E-state index >= 15 is 0 Å². The van der Waals surface area contributed by atoms with Gasteiger partial charge in [0.05, 0.1) is 12.0 Å². The predicted octanol–water partition coefficient (Wildman–Crippen LogP) is 3.73. The maximum atomic E-state index is 12.2. The Balaban J connectivity index is 2.05. The van der Waals surface area contributed by atoms with Crippen molar-refractivity contribution in [1.29, 1.82) is 0 Å². The number of rotatable bonds is 5. The van der Waals surface area contributed by atoms with Crippen LogP contribution in [0.1, 0.15) is 51.5 Å². The fourth-order valence-corrected chi connectivity index (χ4v) is 3.39. The van der Waals surface area contributed by atoms with E-state index in [0.29, 0.717) is 6.42 Å². The summed E-state index contributed by atoms with van der Waals surface area (Å²) in [6, 6.07) is 9.42. The molecule has 1 aliphatic carbocycles. The molecular formula is C18H25NO4. The first-order chi connectivity index (χ1) is 10.8. The molecule has 0 aromatic heterocycles. The molecule has 5 nitrogen and oxygen atoms in total. The van der Waals surface area contributed by atoms with Gasteiger partial charge in [-0.2, -0.15) is 0 Å². The van der Waals surface area contributed by atoms with E-state index in [1.54, 1.807) is 0 Å². The number of hydrogen-bond donors (Lipinski definition) is 2. The average Bonchev–Trinajstić information content (AvgIpc) is 2.49. The van der Waals surface area contributed by atoms with Crippen molar-refractivity contribution in [3.05, 3.63) is 35.9 Å². The highest BCUT2D eigenvalue weighted by Crippen LogP contribution is 2.45. The molecule has 0 radical (unpaired) electrons. The Kier molecular flexibility index (Phi) is 5.29. The number of nitrogens with one attached hydrogen (secondary N) is 1. The van der Waals surface area contributed by atoms with E-state index in [1.807, 2.05) is 44.2 Å². The zero-order valence-electron chi connectivity index (χ0n) is 13.8. The van der Waals surface area contributed by atoms with Crippen molar-refractivity contribution in [1.82, 2.24) is 5.32 Å². The van der Waals surface area contributed by atoms with E-state index in [-0.39, 0.29) is 18.4 Å². The molecule has 0 aliphatic heterocycles. The van der Waals surface area contributed by atoms with Crippen LogP contribution in [0, 0.1) is 5.41 Å². The van der Waals surface area contributed by atoms with E-state index in [4.69, 9.17) is 4.74 Å². The Morgan fingerprint density at radius 1 is 1.17 bits per heavy atom. The molecule has 126 valence electrons. The highest BCUT2D eigenvalue weighted by molar-refractivity contribution is 5.73. The number of hydrogen-bond acceptors (Lipinski definition) is 3. The standard InChI is InChI=1S/C18H25NO4/c1-17(2)10-6-7-11-18(17,12-15(20)21)19-16(22)23-13-14-8-4-3-5-9-14/h3-5,8-9H,6-7,10-13H2,1-2H3,(H,19,22)(H,20,21). The molecule has 2 N–H and O–H groups in total. The van der Waals surface area contributed by atoms with Gasteiger partial charge in [-0.15, -0.1) is 0 Å². The summed E-state index contributed by atoms with van der Waals surface area (Å²) in [5, 5.41) is 12.2. The summed E-state index contributed by atoms with van der Waals surface area (Å²) in [7, 11) is 0. The van der Waals surface area contributed by atoms with Crippen molar-refractivity contribution in [3.8, 4) is 0 Å². The third kappa shape index (κ3) is 4.24. The van der Waals surface area contributed by atoms with Crippen molar-refractivity contribution < 1.29 is 19.4 Å². The number of benzene rings is 1. The van der Waals surface area contributed by atoms with Gasteiger partial charge in [0.1, 0.15) is 6.61 Å². The molecule has 1 saturated carbocycles. The molecule has 2 rings (SSSR count). The van der Waals surface area contributed by atoms with Crippen molar-refractivity contribution >= 4 is 12.1 Å². The van der Waals surface area contributed by atoms with E-state index in [1.165, 1.54) is 0 Å². The molecule has 1 aromatic rings. The molecule has 0 heterocycles. The SMILES string of the molecule is CC1(C)CCCCC1(CC(=O)O)NC(=O)OCc1ccccc1. The van der Waals surface area contributed by atoms with Gasteiger partial charge >= 0.3 is 12.1 Å². The van der Waals surface area contributed by atoms with Crippen LogP contribution in [0.2, 0.25) is 0 Å². The zero-order valence-corrected chi connectivity index (χ0v) is 13.8. The molecule has 23 heavy (non-hydrogen) atoms. The maximum Gasteiger partial charge on any atom is 0.407 e. The second-order valence-electron chi connectivity index (χ2n) is 6.93. The molecule has 1 aromatic carbocycles. The number of carbonyl (C=O) groups is 2. The second kappa shape index (κ2) is 7.02. The number of amides is 1. The van der Waals surface area contributed by atoms with Crippen LogP contribution in [-0.2, 0) is 16.1 Å². The van der Waals surface area contributed by atoms with Gasteiger partial charge in [0.2, 0.25) is 0 Å². The summed E-state index contributed by atoms with van der Waals surface area (Å²) in [5.74, 6) is -0.900. The van der Waals surface area contributed by atoms with Crippen LogP contribution >= 0.6 is 0 Å². The minimum atomic E-state index is -0.900. The molecule has 5 heteroatoms. The van der Waals surface area contributed by atoms with Gasteiger partial charge < -0.3 is 15.2 Å². The van der Waals surface area contributed by atoms with Crippen LogP contribution < -0.4 is 5.32 Å². The lowest BCUT2D eigenvalue weighted by atomic mass is 9.61. The van der Waals surface area contributed by atoms with E-state index in [2.05, 4.69) is 5.32 Å². The third-order valence-electron chi connectivity index (χ3n) is 4.96. The van der Waals surface area contributed by atoms with Crippen LogP contribution in [0.25, 0.3) is 0 Å². The molecule has 1 fully saturated rings. The van der Waals surface area contributed by atoms with Crippen LogP contribution in [0.3, 0.4) is 0 Å². The highest BCUT2D eigenvalue weighted by Gasteiger charge is 2.49. The predicted molar refractivity (Wildman–Crippen MR) is 87.0 cm³/mol. The van der Waals surface area contributed by atoms with Gasteiger partial charge in [-0.3, -0.25) is 4.79 Å². The molecule has 0 saturated heterocycles. The summed E-state index contributed by atoms with van der Waals surface area (Å²) in [4.78, 5) is 23.6. The molecule has 1 amide bonds. The summed E-state index contributed by atoms with van der Waals surface area (Å²) < 4.78 is 5.29. The van der Waals surface area contributed by atoms with Gasteiger partial charge in [-0.25, -0.2) is 4.79 Å². The maximum absolute atomic E-state index is 12.2. The Hall–Kier alpha value is -2.04. The first kappa shape index (κ1) is 17.3. The number of ether oxygens (including phenoxy) is 1. The quantitative estimate of drug-likeness (QED) is 0.867. The number of carboxylic acid groups (broad SMARTS) is 1. The van der Waals surface area contributed by atoms with E-state index in [9.17, 15) is 14.7 Å². The van der Waals surface area contributed by atoms with E-state index < -0.39 is 17.6 Å². The topological polar surface area (TPSA) is 75.6 Å². The van der Waals surface area contributed by atoms with Gasteiger partial charge in [-0.05, 0) is 23.8 Å². The molecule has 1 unspecified atom stereocenters. The monoisotopic (exact) mass is 319 g/mol. The fourth-order valence-electron chi connectivity index (χ4n) is 3.39. The lowest BCUT2D eigenvalue weighted by Gasteiger charge is -2.49. The lowest BCUT2D eigenvalue weighted by molar-refractivity contribution is -0.141. The van der Waals surface area contributed by atoms with Crippen LogP contribution in [0.15, 0.2) is 30.3 Å². The molecule has 0 bridgehead atoms. The van der Waals surface area contributed by atoms with Crippen LogP contribution in [0.4, 0.5) is 4.79 Å². The summed E-state index contributed by atoms with van der Waals surface area (Å²) in [6.07, 6.45) is 2.88. The molecular weight excluding hydrogens is 294 g/mol. The highest BCUT2D eigenvalue weighted by atomic mass is 16.5. The van der Waals surface area contributed by atoms with Crippen molar-refractivity contribution in [3.63, 3.8) is 0 Å². The van der Waals surface area contributed by atoms with Gasteiger partial charge in [0.25, 0.3) is 0 Å². The van der Waals surface area contributed by atoms with Crippen LogP contribution in [-0.4, -0.2) is 22.7 Å². The number of aliphatic carboxylic acids is 1. The Morgan fingerprint density at radius 3 is 2.43 bits per heavy atom. The summed E-state index contributed by atoms with van der Waals surface area (Å²) >= 11 is 0. The van der Waals surface area contributed by atoms with Gasteiger partial charge in [-0.1, -0.05) is 57.0 Å². The molecule has 1 aliphatic rings. The third-order valence-corrected chi connectivity index (χ3v) is 4.96. The first-order valence-corrected chi connectivity index (χ1v) is 8.05. The minimum Gasteiger partial charge on any atom is -0.481 e. The Bertz CT molecular complexity index is 555.